The molecule has 1 heterocycles. The van der Waals surface area contributed by atoms with Crippen LogP contribution in [0.1, 0.15) is 56.2 Å². The lowest BCUT2D eigenvalue weighted by molar-refractivity contribution is 0.0887. The molecule has 0 radical (unpaired) electrons. The fourth-order valence-electron chi connectivity index (χ4n) is 5.30. The summed E-state index contributed by atoms with van der Waals surface area (Å²) in [6.07, 6.45) is 5.19. The summed E-state index contributed by atoms with van der Waals surface area (Å²) in [5.74, 6) is 0.873. The van der Waals surface area contributed by atoms with Crippen molar-refractivity contribution in [2.24, 2.45) is 0 Å². The topological polar surface area (TPSA) is 77.5 Å². The minimum atomic E-state index is -0.223. The van der Waals surface area contributed by atoms with E-state index in [-0.39, 0.29) is 18.2 Å². The molecule has 3 N–H and O–H groups in total. The van der Waals surface area contributed by atoms with Crippen molar-refractivity contribution in [3.63, 3.8) is 0 Å². The maximum atomic E-state index is 12.9. The Morgan fingerprint density at radius 2 is 1.88 bits per heavy atom. The molecule has 1 atom stereocenters. The van der Waals surface area contributed by atoms with Crippen molar-refractivity contribution in [3.8, 4) is 0 Å². The number of nitrogens with one attached hydrogen (secondary N) is 2. The first kappa shape index (κ1) is 21.7. The van der Waals surface area contributed by atoms with Crippen LogP contribution in [0.3, 0.4) is 0 Å². The van der Waals surface area contributed by atoms with E-state index in [0.717, 1.165) is 60.9 Å². The monoisotopic (exact) mass is 444 g/mol. The fourth-order valence-corrected chi connectivity index (χ4v) is 5.30. The van der Waals surface area contributed by atoms with Crippen molar-refractivity contribution in [1.29, 1.82) is 0 Å². The first-order chi connectivity index (χ1) is 16.1. The van der Waals surface area contributed by atoms with Gasteiger partial charge in [0.05, 0.1) is 17.7 Å². The van der Waals surface area contributed by atoms with Gasteiger partial charge in [0.2, 0.25) is 0 Å². The average Bonchev–Trinajstić information content (AvgIpc) is 3.23. The first-order valence-corrected chi connectivity index (χ1v) is 12.1. The van der Waals surface area contributed by atoms with E-state index in [4.69, 9.17) is 4.98 Å². The molecule has 2 aromatic carbocycles. The number of aromatic nitrogens is 1. The number of aliphatic hydroxyl groups is 1. The van der Waals surface area contributed by atoms with E-state index in [1.807, 2.05) is 36.1 Å². The number of aliphatic hydroxyl groups excluding tert-OH is 1. The molecule has 0 bridgehead atoms. The van der Waals surface area contributed by atoms with E-state index in [2.05, 4.69) is 41.0 Å². The number of hydrogen-bond acceptors (Lipinski definition) is 4. The van der Waals surface area contributed by atoms with Crippen LogP contribution in [0.2, 0.25) is 0 Å². The summed E-state index contributed by atoms with van der Waals surface area (Å²) in [5, 5.41) is 17.4. The summed E-state index contributed by atoms with van der Waals surface area (Å²) in [4.78, 5) is 19.6. The summed E-state index contributed by atoms with van der Waals surface area (Å²) >= 11 is 0. The number of urea groups is 1. The molecule has 1 saturated carbocycles. The smallest absolute Gasteiger partial charge is 0.322 e. The summed E-state index contributed by atoms with van der Waals surface area (Å²) in [7, 11) is 0. The van der Waals surface area contributed by atoms with Gasteiger partial charge in [-0.1, -0.05) is 24.3 Å². The van der Waals surface area contributed by atoms with Crippen LogP contribution in [-0.4, -0.2) is 39.7 Å². The second-order valence-corrected chi connectivity index (χ2v) is 9.22. The van der Waals surface area contributed by atoms with Crippen LogP contribution >= 0.6 is 0 Å². The van der Waals surface area contributed by atoms with E-state index in [9.17, 15) is 9.90 Å². The third-order valence-electron chi connectivity index (χ3n) is 7.10. The summed E-state index contributed by atoms with van der Waals surface area (Å²) in [6, 6.07) is 18.9. The highest BCUT2D eigenvalue weighted by atomic mass is 16.3. The summed E-state index contributed by atoms with van der Waals surface area (Å²) < 4.78 is 0. The second-order valence-electron chi connectivity index (χ2n) is 9.22. The number of anilines is 2. The molecule has 1 unspecified atom stereocenters. The lowest BCUT2D eigenvalue weighted by atomic mass is 9.92. The van der Waals surface area contributed by atoms with Crippen LogP contribution in [0.15, 0.2) is 54.6 Å². The molecule has 5 rings (SSSR count). The molecular formula is C27H32N4O2. The van der Waals surface area contributed by atoms with Crippen LogP contribution in [0.4, 0.5) is 16.3 Å². The zero-order chi connectivity index (χ0) is 22.8. The zero-order valence-corrected chi connectivity index (χ0v) is 19.1. The first-order valence-electron chi connectivity index (χ1n) is 12.1. The number of hydrogen-bond donors (Lipinski definition) is 3. The number of aryl methyl sites for hydroxylation is 1. The van der Waals surface area contributed by atoms with E-state index in [1.54, 1.807) is 0 Å². The van der Waals surface area contributed by atoms with E-state index >= 15 is 0 Å². The van der Waals surface area contributed by atoms with Crippen molar-refractivity contribution in [1.82, 2.24) is 9.88 Å². The van der Waals surface area contributed by atoms with Crippen molar-refractivity contribution >= 4 is 28.4 Å². The lowest BCUT2D eigenvalue weighted by Crippen LogP contribution is -2.45. The standard InChI is InChI=1S/C27H32N4O2/c1-2-31(21-10-12-22(32)13-11-21)27(33)28-20-9-15-24-19(17-20)8-16-26(29-24)30-25-14-7-18-5-3-4-6-23(18)25/h3-6,8-9,15-17,21-22,25,32H,2,7,10-14H2,1H3,(H,28,33)(H,29,30). The van der Waals surface area contributed by atoms with Gasteiger partial charge in [-0.2, -0.15) is 0 Å². The average molecular weight is 445 g/mol. The van der Waals surface area contributed by atoms with Gasteiger partial charge in [-0.3, -0.25) is 0 Å². The van der Waals surface area contributed by atoms with E-state index < -0.39 is 0 Å². The Balaban J connectivity index is 1.27. The predicted molar refractivity (Wildman–Crippen MR) is 133 cm³/mol. The molecule has 172 valence electrons. The Bertz CT molecular complexity index is 1140. The zero-order valence-electron chi connectivity index (χ0n) is 19.1. The quantitative estimate of drug-likeness (QED) is 0.486. The van der Waals surface area contributed by atoms with Gasteiger partial charge in [0.1, 0.15) is 5.82 Å². The van der Waals surface area contributed by atoms with Gasteiger partial charge in [0.15, 0.2) is 0 Å². The molecule has 33 heavy (non-hydrogen) atoms. The van der Waals surface area contributed by atoms with Crippen LogP contribution in [-0.2, 0) is 6.42 Å². The van der Waals surface area contributed by atoms with Gasteiger partial charge in [0.25, 0.3) is 0 Å². The largest absolute Gasteiger partial charge is 0.393 e. The SMILES string of the molecule is CCN(C(=O)Nc1ccc2nc(NC3CCc4ccccc43)ccc2c1)C1CCC(O)CC1. The molecule has 0 aliphatic heterocycles. The highest BCUT2D eigenvalue weighted by Crippen LogP contribution is 2.33. The number of nitrogens with zero attached hydrogens (tertiary/aromatic N) is 2. The number of fused-ring (bicyclic) bond motifs is 2. The maximum Gasteiger partial charge on any atom is 0.322 e. The molecule has 3 aromatic rings. The van der Waals surface area contributed by atoms with Crippen LogP contribution in [0.25, 0.3) is 10.9 Å². The van der Waals surface area contributed by atoms with Gasteiger partial charge in [-0.05, 0) is 86.9 Å². The van der Waals surface area contributed by atoms with Crippen molar-refractivity contribution in [3.05, 3.63) is 65.7 Å². The van der Waals surface area contributed by atoms with Crippen molar-refractivity contribution < 1.29 is 9.90 Å². The Morgan fingerprint density at radius 1 is 1.06 bits per heavy atom. The fraction of sp³-hybridized carbons (Fsp3) is 0.407. The maximum absolute atomic E-state index is 12.9. The van der Waals surface area contributed by atoms with Crippen LogP contribution < -0.4 is 10.6 Å². The van der Waals surface area contributed by atoms with Gasteiger partial charge < -0.3 is 20.6 Å². The van der Waals surface area contributed by atoms with Crippen molar-refractivity contribution in [2.45, 2.75) is 63.6 Å². The highest BCUT2D eigenvalue weighted by molar-refractivity contribution is 5.93. The minimum absolute atomic E-state index is 0.0793. The molecule has 1 fully saturated rings. The summed E-state index contributed by atoms with van der Waals surface area (Å²) in [6.45, 7) is 2.66. The number of carbonyl (C=O) groups is 1. The molecule has 6 nitrogen and oxygen atoms in total. The number of pyridine rings is 1. The molecule has 0 saturated heterocycles. The Labute approximate surface area is 195 Å². The van der Waals surface area contributed by atoms with Gasteiger partial charge in [-0.25, -0.2) is 9.78 Å². The Morgan fingerprint density at radius 3 is 2.70 bits per heavy atom. The third-order valence-corrected chi connectivity index (χ3v) is 7.10. The normalized spacial score (nSPS) is 22.1. The molecule has 1 aromatic heterocycles. The molecule has 2 amide bonds. The number of rotatable bonds is 5. The van der Waals surface area contributed by atoms with E-state index in [0.29, 0.717) is 12.6 Å². The molecule has 6 heteroatoms. The predicted octanol–water partition coefficient (Wildman–Crippen LogP) is 5.49. The molecule has 2 aliphatic rings. The van der Waals surface area contributed by atoms with Crippen molar-refractivity contribution in [2.75, 3.05) is 17.2 Å². The van der Waals surface area contributed by atoms with Gasteiger partial charge in [0, 0.05) is 23.7 Å². The minimum Gasteiger partial charge on any atom is -0.393 e. The third kappa shape index (κ3) is 4.67. The van der Waals surface area contributed by atoms with Crippen LogP contribution in [0, 0.1) is 0 Å². The number of benzene rings is 2. The van der Waals surface area contributed by atoms with Gasteiger partial charge >= 0.3 is 6.03 Å². The van der Waals surface area contributed by atoms with E-state index in [1.165, 1.54) is 11.1 Å². The number of amides is 2. The Kier molecular flexibility index (Phi) is 6.18. The number of carbonyl (C=O) groups excluding carboxylic acids is 1. The van der Waals surface area contributed by atoms with Crippen LogP contribution in [0.5, 0.6) is 0 Å². The molecular weight excluding hydrogens is 412 g/mol. The summed E-state index contributed by atoms with van der Waals surface area (Å²) in [5.41, 5.74) is 4.46. The molecule has 0 spiro atoms. The second kappa shape index (κ2) is 9.40. The Hall–Kier alpha value is -3.12. The molecule has 2 aliphatic carbocycles. The highest BCUT2D eigenvalue weighted by Gasteiger charge is 2.27. The van der Waals surface area contributed by atoms with Gasteiger partial charge in [-0.15, -0.1) is 0 Å². The lowest BCUT2D eigenvalue weighted by Gasteiger charge is -2.35.